The molecule has 2 aliphatic heterocycles. The maximum absolute atomic E-state index is 13.4. The van der Waals surface area contributed by atoms with Gasteiger partial charge in [0.05, 0.1) is 10.8 Å². The lowest BCUT2D eigenvalue weighted by Gasteiger charge is -2.36. The van der Waals surface area contributed by atoms with Gasteiger partial charge in [-0.25, -0.2) is 12.8 Å². The molecule has 6 nitrogen and oxygen atoms in total. The average molecular weight is 404 g/mol. The van der Waals surface area contributed by atoms with Crippen LogP contribution < -0.4 is 4.74 Å². The van der Waals surface area contributed by atoms with Gasteiger partial charge in [-0.05, 0) is 36.2 Å². The molecule has 0 spiro atoms. The van der Waals surface area contributed by atoms with Gasteiger partial charge >= 0.3 is 0 Å². The van der Waals surface area contributed by atoms with E-state index >= 15 is 0 Å². The number of fused-ring (bicyclic) bond motifs is 1. The lowest BCUT2D eigenvalue weighted by molar-refractivity contribution is -0.138. The summed E-state index contributed by atoms with van der Waals surface area (Å²) in [5.41, 5.74) is 1.01. The molecule has 0 bridgehead atoms. The van der Waals surface area contributed by atoms with E-state index in [1.807, 2.05) is 24.3 Å². The van der Waals surface area contributed by atoms with Gasteiger partial charge < -0.3 is 9.64 Å². The summed E-state index contributed by atoms with van der Waals surface area (Å²) in [6, 6.07) is 12.7. The van der Waals surface area contributed by atoms with Crippen LogP contribution in [0.25, 0.3) is 0 Å². The fraction of sp³-hybridized carbons (Fsp3) is 0.350. The SMILES string of the molecule is O=C([C@H]1COc2ccccc2C1)N1CCN(S(=O)(=O)c2cccc(F)c2)CC1. The second kappa shape index (κ2) is 7.52. The minimum Gasteiger partial charge on any atom is -0.492 e. The van der Waals surface area contributed by atoms with E-state index in [-0.39, 0.29) is 29.8 Å². The first-order chi connectivity index (χ1) is 13.4. The number of carbonyl (C=O) groups is 1. The van der Waals surface area contributed by atoms with E-state index in [2.05, 4.69) is 0 Å². The largest absolute Gasteiger partial charge is 0.492 e. The van der Waals surface area contributed by atoms with Crippen LogP contribution in [0.3, 0.4) is 0 Å². The number of halogens is 1. The molecule has 1 amide bonds. The molecule has 2 aromatic rings. The molecule has 8 heteroatoms. The molecule has 0 saturated carbocycles. The Bertz CT molecular complexity index is 987. The molecule has 1 fully saturated rings. The van der Waals surface area contributed by atoms with Gasteiger partial charge in [-0.1, -0.05) is 24.3 Å². The number of sulfonamides is 1. The van der Waals surface area contributed by atoms with Gasteiger partial charge in [0.25, 0.3) is 0 Å². The van der Waals surface area contributed by atoms with Crippen LogP contribution in [0.15, 0.2) is 53.4 Å². The summed E-state index contributed by atoms with van der Waals surface area (Å²) in [6.07, 6.45) is 0.622. The Kier molecular flexibility index (Phi) is 5.07. The van der Waals surface area contributed by atoms with Crippen molar-refractivity contribution < 1.29 is 22.3 Å². The quantitative estimate of drug-likeness (QED) is 0.784. The van der Waals surface area contributed by atoms with E-state index in [1.54, 1.807) is 4.90 Å². The number of para-hydroxylation sites is 1. The van der Waals surface area contributed by atoms with Gasteiger partial charge in [-0.2, -0.15) is 4.31 Å². The minimum atomic E-state index is -3.77. The Morgan fingerprint density at radius 3 is 2.54 bits per heavy atom. The summed E-state index contributed by atoms with van der Waals surface area (Å²) in [7, 11) is -3.77. The van der Waals surface area contributed by atoms with Crippen molar-refractivity contribution in [3.05, 3.63) is 59.9 Å². The maximum atomic E-state index is 13.4. The number of nitrogens with zero attached hydrogens (tertiary/aromatic N) is 2. The predicted molar refractivity (Wildman–Crippen MR) is 101 cm³/mol. The summed E-state index contributed by atoms with van der Waals surface area (Å²) < 4.78 is 45.8. The molecule has 0 aliphatic carbocycles. The van der Waals surface area contributed by atoms with Gasteiger partial charge in [0, 0.05) is 26.2 Å². The van der Waals surface area contributed by atoms with E-state index in [9.17, 15) is 17.6 Å². The van der Waals surface area contributed by atoms with Crippen LogP contribution in [0.2, 0.25) is 0 Å². The molecule has 0 unspecified atom stereocenters. The van der Waals surface area contributed by atoms with Gasteiger partial charge in [0.2, 0.25) is 15.9 Å². The smallest absolute Gasteiger partial charge is 0.243 e. The molecule has 2 aliphatic rings. The molecule has 2 heterocycles. The van der Waals surface area contributed by atoms with Gasteiger partial charge in [0.15, 0.2) is 0 Å². The number of benzene rings is 2. The number of hydrogen-bond acceptors (Lipinski definition) is 4. The molecule has 0 radical (unpaired) electrons. The Hall–Kier alpha value is -2.45. The van der Waals surface area contributed by atoms with Gasteiger partial charge in [0.1, 0.15) is 18.2 Å². The molecule has 148 valence electrons. The lowest BCUT2D eigenvalue weighted by Crippen LogP contribution is -2.52. The fourth-order valence-corrected chi connectivity index (χ4v) is 5.12. The van der Waals surface area contributed by atoms with Crippen LogP contribution >= 0.6 is 0 Å². The van der Waals surface area contributed by atoms with Crippen molar-refractivity contribution >= 4 is 15.9 Å². The highest BCUT2D eigenvalue weighted by Crippen LogP contribution is 2.28. The lowest BCUT2D eigenvalue weighted by atomic mass is 9.95. The summed E-state index contributed by atoms with van der Waals surface area (Å²) in [6.45, 7) is 1.33. The molecule has 4 rings (SSSR count). The summed E-state index contributed by atoms with van der Waals surface area (Å²) in [4.78, 5) is 14.5. The first-order valence-corrected chi connectivity index (χ1v) is 10.6. The Morgan fingerprint density at radius 1 is 1.04 bits per heavy atom. The average Bonchev–Trinajstić information content (AvgIpc) is 2.73. The zero-order chi connectivity index (χ0) is 19.7. The third-order valence-electron chi connectivity index (χ3n) is 5.21. The van der Waals surface area contributed by atoms with Gasteiger partial charge in [-0.15, -0.1) is 0 Å². The van der Waals surface area contributed by atoms with Crippen LogP contribution in [0.5, 0.6) is 5.75 Å². The van der Waals surface area contributed by atoms with Crippen molar-refractivity contribution in [2.75, 3.05) is 32.8 Å². The molecule has 1 saturated heterocycles. The highest BCUT2D eigenvalue weighted by atomic mass is 32.2. The number of amides is 1. The number of piperazine rings is 1. The van der Waals surface area contributed by atoms with Crippen LogP contribution in [0, 0.1) is 11.7 Å². The molecular formula is C20H21FN2O4S. The Balaban J connectivity index is 1.40. The Labute approximate surface area is 163 Å². The number of carbonyl (C=O) groups excluding carboxylic acids is 1. The summed E-state index contributed by atoms with van der Waals surface area (Å²) >= 11 is 0. The minimum absolute atomic E-state index is 0.0164. The van der Waals surface area contributed by atoms with Crippen LogP contribution in [0.4, 0.5) is 4.39 Å². The van der Waals surface area contributed by atoms with E-state index in [0.29, 0.717) is 26.1 Å². The monoisotopic (exact) mass is 404 g/mol. The zero-order valence-corrected chi connectivity index (χ0v) is 16.1. The molecule has 0 N–H and O–H groups in total. The van der Waals surface area contributed by atoms with Crippen molar-refractivity contribution in [2.24, 2.45) is 5.92 Å². The molecule has 0 aromatic heterocycles. The van der Waals surface area contributed by atoms with Crippen molar-refractivity contribution in [2.45, 2.75) is 11.3 Å². The van der Waals surface area contributed by atoms with Crippen LogP contribution in [0.1, 0.15) is 5.56 Å². The summed E-state index contributed by atoms with van der Waals surface area (Å²) in [5.74, 6) is -0.0522. The van der Waals surface area contributed by atoms with Crippen LogP contribution in [-0.2, 0) is 21.2 Å². The molecule has 2 aromatic carbocycles. The van der Waals surface area contributed by atoms with E-state index < -0.39 is 15.8 Å². The first kappa shape index (κ1) is 18.9. The first-order valence-electron chi connectivity index (χ1n) is 9.20. The number of hydrogen-bond donors (Lipinski definition) is 0. The van der Waals surface area contributed by atoms with E-state index in [0.717, 1.165) is 17.4 Å². The molecule has 1 atom stereocenters. The highest BCUT2D eigenvalue weighted by molar-refractivity contribution is 7.89. The van der Waals surface area contributed by atoms with Crippen molar-refractivity contribution in [3.8, 4) is 5.75 Å². The molecular weight excluding hydrogens is 383 g/mol. The fourth-order valence-electron chi connectivity index (χ4n) is 3.67. The topological polar surface area (TPSA) is 66.9 Å². The standard InChI is InChI=1S/C20H21FN2O4S/c21-17-5-3-6-18(13-17)28(25,26)23-10-8-22(9-11-23)20(24)16-12-15-4-1-2-7-19(15)27-14-16/h1-7,13,16H,8-12,14H2/t16-/m1/s1. The normalized spacial score (nSPS) is 20.3. The summed E-state index contributed by atoms with van der Waals surface area (Å²) in [5, 5.41) is 0. The zero-order valence-electron chi connectivity index (χ0n) is 15.3. The van der Waals surface area contributed by atoms with E-state index in [1.165, 1.54) is 22.5 Å². The van der Waals surface area contributed by atoms with E-state index in [4.69, 9.17) is 4.74 Å². The second-order valence-electron chi connectivity index (χ2n) is 7.01. The number of rotatable bonds is 3. The van der Waals surface area contributed by atoms with Crippen molar-refractivity contribution in [3.63, 3.8) is 0 Å². The third kappa shape index (κ3) is 3.62. The number of ether oxygens (including phenoxy) is 1. The highest BCUT2D eigenvalue weighted by Gasteiger charge is 2.34. The second-order valence-corrected chi connectivity index (χ2v) is 8.94. The molecule has 28 heavy (non-hydrogen) atoms. The van der Waals surface area contributed by atoms with Crippen molar-refractivity contribution in [1.29, 1.82) is 0 Å². The van der Waals surface area contributed by atoms with Crippen molar-refractivity contribution in [1.82, 2.24) is 9.21 Å². The maximum Gasteiger partial charge on any atom is 0.243 e. The van der Waals surface area contributed by atoms with Gasteiger partial charge in [-0.3, -0.25) is 4.79 Å². The predicted octanol–water partition coefficient (Wildman–Crippen LogP) is 1.91. The third-order valence-corrected chi connectivity index (χ3v) is 7.11. The Morgan fingerprint density at radius 2 is 1.79 bits per heavy atom. The van der Waals surface area contributed by atoms with Crippen LogP contribution in [-0.4, -0.2) is 56.3 Å².